The summed E-state index contributed by atoms with van der Waals surface area (Å²) >= 11 is 9.55. The number of rotatable bonds is 3. The molecule has 2 aromatic rings. The maximum Gasteiger partial charge on any atom is 0.160 e. The highest BCUT2D eigenvalue weighted by Gasteiger charge is 2.30. The molecule has 0 aliphatic carbocycles. The SMILES string of the molecule is CN1CCC(C)(Cn2c(CCl)nc3cc(Br)cnc32)CC1. The number of fused-ring (bicyclic) bond motifs is 1. The lowest BCUT2D eigenvalue weighted by Gasteiger charge is -2.38. The first-order valence-electron chi connectivity index (χ1n) is 7.26. The summed E-state index contributed by atoms with van der Waals surface area (Å²) < 4.78 is 3.16. The first kappa shape index (κ1) is 15.3. The highest BCUT2D eigenvalue weighted by Crippen LogP contribution is 2.34. The van der Waals surface area contributed by atoms with E-state index in [0.29, 0.717) is 5.88 Å². The smallest absolute Gasteiger partial charge is 0.160 e. The van der Waals surface area contributed by atoms with E-state index in [1.54, 1.807) is 0 Å². The van der Waals surface area contributed by atoms with Crippen LogP contribution in [0.25, 0.3) is 11.2 Å². The fourth-order valence-electron chi connectivity index (χ4n) is 3.00. The zero-order chi connectivity index (χ0) is 15.0. The molecule has 0 unspecified atom stereocenters. The van der Waals surface area contributed by atoms with Crippen LogP contribution in [-0.4, -0.2) is 39.6 Å². The zero-order valence-electron chi connectivity index (χ0n) is 12.4. The Bertz CT molecular complexity index is 646. The number of hydrogen-bond acceptors (Lipinski definition) is 3. The summed E-state index contributed by atoms with van der Waals surface area (Å²) in [5.41, 5.74) is 2.14. The second-order valence-corrected chi connectivity index (χ2v) is 7.54. The molecule has 1 fully saturated rings. The average Bonchev–Trinajstić information content (AvgIpc) is 2.79. The van der Waals surface area contributed by atoms with E-state index in [2.05, 4.69) is 49.3 Å². The minimum Gasteiger partial charge on any atom is -0.311 e. The Morgan fingerprint density at radius 2 is 2.10 bits per heavy atom. The third-order valence-electron chi connectivity index (χ3n) is 4.48. The van der Waals surface area contributed by atoms with Crippen molar-refractivity contribution in [1.29, 1.82) is 0 Å². The van der Waals surface area contributed by atoms with E-state index in [-0.39, 0.29) is 5.41 Å². The summed E-state index contributed by atoms with van der Waals surface area (Å²) in [6.07, 6.45) is 4.22. The maximum absolute atomic E-state index is 6.10. The third kappa shape index (κ3) is 3.10. The maximum atomic E-state index is 6.10. The van der Waals surface area contributed by atoms with E-state index in [4.69, 9.17) is 11.6 Å². The molecule has 0 aromatic carbocycles. The minimum absolute atomic E-state index is 0.287. The Morgan fingerprint density at radius 3 is 2.76 bits per heavy atom. The van der Waals surface area contributed by atoms with Crippen molar-refractivity contribution in [2.75, 3.05) is 20.1 Å². The van der Waals surface area contributed by atoms with Crippen LogP contribution in [0.3, 0.4) is 0 Å². The van der Waals surface area contributed by atoms with Crippen molar-refractivity contribution in [3.63, 3.8) is 0 Å². The predicted octanol–water partition coefficient (Wildman–Crippen LogP) is 3.66. The van der Waals surface area contributed by atoms with E-state index in [9.17, 15) is 0 Å². The van der Waals surface area contributed by atoms with Crippen LogP contribution in [0, 0.1) is 5.41 Å². The number of hydrogen-bond donors (Lipinski definition) is 0. The summed E-state index contributed by atoms with van der Waals surface area (Å²) in [4.78, 5) is 11.6. The zero-order valence-corrected chi connectivity index (χ0v) is 14.8. The Morgan fingerprint density at radius 1 is 1.38 bits per heavy atom. The van der Waals surface area contributed by atoms with Gasteiger partial charge in [-0.2, -0.15) is 0 Å². The van der Waals surface area contributed by atoms with Gasteiger partial charge in [-0.1, -0.05) is 6.92 Å². The predicted molar refractivity (Wildman–Crippen MR) is 89.6 cm³/mol. The van der Waals surface area contributed by atoms with Gasteiger partial charge in [-0.05, 0) is 60.4 Å². The number of nitrogens with zero attached hydrogens (tertiary/aromatic N) is 4. The Balaban J connectivity index is 1.96. The van der Waals surface area contributed by atoms with Gasteiger partial charge in [0.25, 0.3) is 0 Å². The van der Waals surface area contributed by atoms with Gasteiger partial charge < -0.3 is 9.47 Å². The van der Waals surface area contributed by atoms with Crippen LogP contribution >= 0.6 is 27.5 Å². The largest absolute Gasteiger partial charge is 0.311 e. The van der Waals surface area contributed by atoms with E-state index >= 15 is 0 Å². The number of aromatic nitrogens is 3. The molecule has 21 heavy (non-hydrogen) atoms. The van der Waals surface area contributed by atoms with Gasteiger partial charge in [0.15, 0.2) is 5.65 Å². The van der Waals surface area contributed by atoms with Gasteiger partial charge in [0, 0.05) is 17.2 Å². The summed E-state index contributed by atoms with van der Waals surface area (Å²) in [7, 11) is 2.19. The van der Waals surface area contributed by atoms with Crippen molar-refractivity contribution < 1.29 is 0 Å². The second kappa shape index (κ2) is 5.86. The molecule has 0 saturated carbocycles. The van der Waals surface area contributed by atoms with Crippen LogP contribution in [0.5, 0.6) is 0 Å². The molecule has 2 aromatic heterocycles. The van der Waals surface area contributed by atoms with Gasteiger partial charge in [-0.3, -0.25) is 0 Å². The van der Waals surface area contributed by atoms with Gasteiger partial charge in [0.1, 0.15) is 11.3 Å². The van der Waals surface area contributed by atoms with Crippen LogP contribution in [0.15, 0.2) is 16.7 Å². The number of alkyl halides is 1. The van der Waals surface area contributed by atoms with Gasteiger partial charge in [-0.25, -0.2) is 9.97 Å². The second-order valence-electron chi connectivity index (χ2n) is 6.36. The fraction of sp³-hybridized carbons (Fsp3) is 0.600. The molecule has 114 valence electrons. The van der Waals surface area contributed by atoms with Crippen molar-refractivity contribution in [3.8, 4) is 0 Å². The highest BCUT2D eigenvalue weighted by atomic mass is 79.9. The molecule has 0 spiro atoms. The topological polar surface area (TPSA) is 34.0 Å². The summed E-state index contributed by atoms with van der Waals surface area (Å²) in [5, 5.41) is 0. The van der Waals surface area contributed by atoms with Crippen LogP contribution < -0.4 is 0 Å². The van der Waals surface area contributed by atoms with Crippen LogP contribution in [0.4, 0.5) is 0 Å². The molecule has 3 heterocycles. The summed E-state index contributed by atoms with van der Waals surface area (Å²) in [5.74, 6) is 1.33. The number of pyridine rings is 1. The number of likely N-dealkylation sites (tertiary alicyclic amines) is 1. The van der Waals surface area contributed by atoms with E-state index in [1.165, 1.54) is 12.8 Å². The molecular formula is C15H20BrClN4. The Hall–Kier alpha value is -0.650. The van der Waals surface area contributed by atoms with Gasteiger partial charge in [0.2, 0.25) is 0 Å². The van der Waals surface area contributed by atoms with Crippen LogP contribution in [0.1, 0.15) is 25.6 Å². The van der Waals surface area contributed by atoms with Crippen molar-refractivity contribution >= 4 is 38.7 Å². The molecule has 0 atom stereocenters. The van der Waals surface area contributed by atoms with E-state index in [0.717, 1.165) is 41.1 Å². The highest BCUT2D eigenvalue weighted by molar-refractivity contribution is 9.10. The quantitative estimate of drug-likeness (QED) is 0.772. The normalized spacial score (nSPS) is 19.2. The van der Waals surface area contributed by atoms with Gasteiger partial charge in [0.05, 0.1) is 5.88 Å². The van der Waals surface area contributed by atoms with Crippen molar-refractivity contribution in [2.24, 2.45) is 5.41 Å². The van der Waals surface area contributed by atoms with Gasteiger partial charge >= 0.3 is 0 Å². The van der Waals surface area contributed by atoms with Crippen LogP contribution in [-0.2, 0) is 12.4 Å². The molecule has 0 radical (unpaired) electrons. The minimum atomic E-state index is 0.287. The lowest BCUT2D eigenvalue weighted by atomic mass is 9.80. The Labute approximate surface area is 138 Å². The molecule has 0 bridgehead atoms. The lowest BCUT2D eigenvalue weighted by molar-refractivity contribution is 0.121. The van der Waals surface area contributed by atoms with Gasteiger partial charge in [-0.15, -0.1) is 11.6 Å². The molecule has 6 heteroatoms. The molecule has 0 amide bonds. The monoisotopic (exact) mass is 370 g/mol. The molecular weight excluding hydrogens is 352 g/mol. The van der Waals surface area contributed by atoms with E-state index < -0.39 is 0 Å². The van der Waals surface area contributed by atoms with Crippen molar-refractivity contribution in [1.82, 2.24) is 19.4 Å². The lowest BCUT2D eigenvalue weighted by Crippen LogP contribution is -2.38. The Kier molecular flexibility index (Phi) is 4.26. The fourth-order valence-corrected chi connectivity index (χ4v) is 3.52. The number of imidazole rings is 1. The molecule has 1 aliphatic heterocycles. The van der Waals surface area contributed by atoms with Crippen molar-refractivity contribution in [2.45, 2.75) is 32.2 Å². The first-order valence-corrected chi connectivity index (χ1v) is 8.59. The number of piperidine rings is 1. The third-order valence-corrected chi connectivity index (χ3v) is 5.16. The van der Waals surface area contributed by atoms with Crippen LogP contribution in [0.2, 0.25) is 0 Å². The first-order chi connectivity index (χ1) is 10.0. The molecule has 1 saturated heterocycles. The molecule has 1 aliphatic rings. The van der Waals surface area contributed by atoms with Crippen molar-refractivity contribution in [3.05, 3.63) is 22.6 Å². The van der Waals surface area contributed by atoms with E-state index in [1.807, 2.05) is 12.3 Å². The standard InChI is InChI=1S/C15H20BrClN4/c1-15(3-5-20(2)6-4-15)10-21-13(8-17)19-12-7-11(16)9-18-14(12)21/h7,9H,3-6,8,10H2,1-2H3. The molecule has 4 nitrogen and oxygen atoms in total. The number of halogens is 2. The summed E-state index contributed by atoms with van der Waals surface area (Å²) in [6, 6.07) is 2.01. The molecule has 3 rings (SSSR count). The molecule has 0 N–H and O–H groups in total. The average molecular weight is 372 g/mol. The summed E-state index contributed by atoms with van der Waals surface area (Å²) in [6.45, 7) is 5.60.